The Labute approximate surface area is 168 Å². The maximum Gasteiger partial charge on any atom is 0.573 e. The number of hydrogen-bond donors (Lipinski definition) is 1. The van der Waals surface area contributed by atoms with E-state index in [1.54, 1.807) is 12.2 Å². The highest BCUT2D eigenvalue weighted by Crippen LogP contribution is 2.30. The summed E-state index contributed by atoms with van der Waals surface area (Å²) in [6, 6.07) is 4.60. The Hall–Kier alpha value is -2.75. The van der Waals surface area contributed by atoms with Crippen molar-refractivity contribution in [3.63, 3.8) is 0 Å². The first kappa shape index (κ1) is 21.0. The molecule has 0 radical (unpaired) electrons. The van der Waals surface area contributed by atoms with Crippen LogP contribution in [0.1, 0.15) is 23.2 Å². The molecule has 0 bridgehead atoms. The van der Waals surface area contributed by atoms with Gasteiger partial charge in [0.2, 0.25) is 5.91 Å². The van der Waals surface area contributed by atoms with Crippen LogP contribution < -0.4 is 10.1 Å². The molecule has 6 nitrogen and oxygen atoms in total. The lowest BCUT2D eigenvalue weighted by Crippen LogP contribution is -2.25. The lowest BCUT2D eigenvalue weighted by Gasteiger charge is -2.18. The molecule has 1 aliphatic carbocycles. The second-order valence-electron chi connectivity index (χ2n) is 6.36. The number of thioether (sulfide) groups is 1. The van der Waals surface area contributed by atoms with E-state index in [1.165, 1.54) is 12.1 Å². The van der Waals surface area contributed by atoms with Crippen LogP contribution in [0.3, 0.4) is 0 Å². The van der Waals surface area contributed by atoms with Gasteiger partial charge in [-0.25, -0.2) is 0 Å². The maximum absolute atomic E-state index is 12.1. The van der Waals surface area contributed by atoms with E-state index in [1.807, 2.05) is 6.08 Å². The summed E-state index contributed by atoms with van der Waals surface area (Å²) in [5.74, 6) is -0.511. The van der Waals surface area contributed by atoms with Crippen molar-refractivity contribution in [1.29, 1.82) is 0 Å². The Morgan fingerprint density at radius 3 is 2.48 bits per heavy atom. The number of imide groups is 1. The van der Waals surface area contributed by atoms with Gasteiger partial charge in [0.05, 0.1) is 5.25 Å². The van der Waals surface area contributed by atoms with Crippen molar-refractivity contribution in [2.75, 3.05) is 6.61 Å². The van der Waals surface area contributed by atoms with E-state index in [2.05, 4.69) is 10.1 Å². The van der Waals surface area contributed by atoms with Gasteiger partial charge in [0.25, 0.3) is 5.24 Å². The molecule has 2 unspecified atom stereocenters. The van der Waals surface area contributed by atoms with Crippen molar-refractivity contribution in [3.05, 3.63) is 53.8 Å². The van der Waals surface area contributed by atoms with Gasteiger partial charge in [0.15, 0.2) is 12.4 Å². The molecule has 1 aromatic rings. The molecule has 3 rings (SSSR count). The van der Waals surface area contributed by atoms with Crippen molar-refractivity contribution in [2.24, 2.45) is 5.92 Å². The molecule has 2 aliphatic rings. The zero-order chi connectivity index (χ0) is 21.0. The molecule has 154 valence electrons. The van der Waals surface area contributed by atoms with Crippen LogP contribution in [0.5, 0.6) is 5.75 Å². The van der Waals surface area contributed by atoms with Crippen LogP contribution >= 0.6 is 11.8 Å². The molecule has 1 saturated heterocycles. The highest BCUT2D eigenvalue weighted by Gasteiger charge is 2.33. The van der Waals surface area contributed by atoms with E-state index in [0.29, 0.717) is 18.6 Å². The normalized spacial score (nSPS) is 21.6. The lowest BCUT2D eigenvalue weighted by atomic mass is 9.94. The maximum atomic E-state index is 12.1. The predicted octanol–water partition coefficient (Wildman–Crippen LogP) is 3.99. The van der Waals surface area contributed by atoms with Gasteiger partial charge in [0, 0.05) is 5.56 Å². The van der Waals surface area contributed by atoms with Gasteiger partial charge in [-0.2, -0.15) is 0 Å². The van der Waals surface area contributed by atoms with E-state index in [0.717, 1.165) is 23.9 Å². The largest absolute Gasteiger partial charge is 0.573 e. The smallest absolute Gasteiger partial charge is 0.486 e. The molecule has 10 heteroatoms. The number of carbonyl (C=O) groups is 3. The predicted molar refractivity (Wildman–Crippen MR) is 98.3 cm³/mol. The van der Waals surface area contributed by atoms with E-state index < -0.39 is 23.1 Å². The van der Waals surface area contributed by atoms with Crippen molar-refractivity contribution < 1.29 is 37.0 Å². The third kappa shape index (κ3) is 6.11. The molecule has 1 aliphatic heterocycles. The van der Waals surface area contributed by atoms with Gasteiger partial charge in [-0.05, 0) is 55.2 Å². The Balaban J connectivity index is 1.45. The minimum absolute atomic E-state index is 0.0772. The quantitative estimate of drug-likeness (QED) is 0.663. The SMILES string of the molecule is O=C1NC(=O)C(CC2C=CC(OCC(=O)c3ccc(OC(F)(F)F)cc3)=CC2)S1. The van der Waals surface area contributed by atoms with Crippen LogP contribution in [0.2, 0.25) is 0 Å². The summed E-state index contributed by atoms with van der Waals surface area (Å²) in [6.07, 6.45) is 1.68. The first-order valence-electron chi connectivity index (χ1n) is 8.61. The molecule has 2 atom stereocenters. The molecular weight excluding hydrogens is 411 g/mol. The number of alkyl halides is 3. The van der Waals surface area contributed by atoms with Gasteiger partial charge in [-0.1, -0.05) is 17.8 Å². The average Bonchev–Trinajstić information content (AvgIpc) is 2.97. The number of halogens is 3. The molecule has 1 heterocycles. The standard InChI is InChI=1S/C19H16F3NO5S/c20-19(21,22)28-14-7-3-12(4-8-14)15(24)10-27-13-5-1-11(2-6-13)9-16-17(25)23-18(26)29-16/h1,3-8,11,16H,2,9-10H2,(H,23,25,26). The van der Waals surface area contributed by atoms with Crippen LogP contribution in [0, 0.1) is 5.92 Å². The third-order valence-electron chi connectivity index (χ3n) is 4.22. The number of Topliss-reactive ketones (excluding diaryl/α,β-unsaturated/α-hetero) is 1. The third-order valence-corrected chi connectivity index (χ3v) is 5.23. The number of ketones is 1. The molecule has 1 aromatic carbocycles. The highest BCUT2D eigenvalue weighted by atomic mass is 32.2. The van der Waals surface area contributed by atoms with Crippen LogP contribution in [0.25, 0.3) is 0 Å². The summed E-state index contributed by atoms with van der Waals surface area (Å²) in [5, 5.41) is 1.51. The van der Waals surface area contributed by atoms with E-state index in [4.69, 9.17) is 4.74 Å². The molecule has 1 fully saturated rings. The summed E-state index contributed by atoms with van der Waals surface area (Å²) in [6.45, 7) is -0.268. The van der Waals surface area contributed by atoms with Crippen LogP contribution in [0.15, 0.2) is 48.3 Å². The minimum Gasteiger partial charge on any atom is -0.486 e. The minimum atomic E-state index is -4.79. The van der Waals surface area contributed by atoms with Crippen LogP contribution in [-0.4, -0.2) is 35.1 Å². The lowest BCUT2D eigenvalue weighted by molar-refractivity contribution is -0.274. The Bertz CT molecular complexity index is 864. The van der Waals surface area contributed by atoms with Gasteiger partial charge in [0.1, 0.15) is 11.5 Å². The fourth-order valence-electron chi connectivity index (χ4n) is 2.83. The second-order valence-corrected chi connectivity index (χ2v) is 7.54. The number of hydrogen-bond acceptors (Lipinski definition) is 6. The fraction of sp³-hybridized carbons (Fsp3) is 0.316. The summed E-state index contributed by atoms with van der Waals surface area (Å²) < 4.78 is 45.6. The van der Waals surface area contributed by atoms with Crippen LogP contribution in [0.4, 0.5) is 18.0 Å². The molecule has 2 amide bonds. The summed E-state index contributed by atoms with van der Waals surface area (Å²) in [7, 11) is 0. The number of ether oxygens (including phenoxy) is 2. The summed E-state index contributed by atoms with van der Waals surface area (Å²) >= 11 is 0.982. The number of amides is 2. The van der Waals surface area contributed by atoms with Crippen molar-refractivity contribution in [2.45, 2.75) is 24.5 Å². The number of benzene rings is 1. The zero-order valence-corrected chi connectivity index (χ0v) is 15.7. The second kappa shape index (κ2) is 8.73. The summed E-state index contributed by atoms with van der Waals surface area (Å²) in [4.78, 5) is 34.9. The molecule has 0 spiro atoms. The molecule has 29 heavy (non-hydrogen) atoms. The monoisotopic (exact) mass is 427 g/mol. The van der Waals surface area contributed by atoms with Gasteiger partial charge in [-0.15, -0.1) is 13.2 Å². The Kier molecular flexibility index (Phi) is 6.31. The molecular formula is C19H16F3NO5S. The number of carbonyl (C=O) groups excluding carboxylic acids is 3. The molecule has 0 saturated carbocycles. The van der Waals surface area contributed by atoms with E-state index in [9.17, 15) is 27.6 Å². The fourth-order valence-corrected chi connectivity index (χ4v) is 3.75. The molecule has 1 N–H and O–H groups in total. The number of allylic oxidation sites excluding steroid dienone is 3. The average molecular weight is 427 g/mol. The first-order chi connectivity index (χ1) is 13.7. The van der Waals surface area contributed by atoms with Crippen LogP contribution in [-0.2, 0) is 9.53 Å². The Morgan fingerprint density at radius 2 is 1.93 bits per heavy atom. The topological polar surface area (TPSA) is 81.7 Å². The zero-order valence-electron chi connectivity index (χ0n) is 14.9. The van der Waals surface area contributed by atoms with Gasteiger partial charge < -0.3 is 9.47 Å². The van der Waals surface area contributed by atoms with E-state index >= 15 is 0 Å². The molecule has 0 aromatic heterocycles. The first-order valence-corrected chi connectivity index (χ1v) is 9.49. The number of rotatable bonds is 7. The van der Waals surface area contributed by atoms with Gasteiger partial charge in [-0.3, -0.25) is 19.7 Å². The van der Waals surface area contributed by atoms with Crippen molar-refractivity contribution in [3.8, 4) is 5.75 Å². The highest BCUT2D eigenvalue weighted by molar-refractivity contribution is 8.15. The van der Waals surface area contributed by atoms with Crippen molar-refractivity contribution in [1.82, 2.24) is 5.32 Å². The van der Waals surface area contributed by atoms with Gasteiger partial charge >= 0.3 is 6.36 Å². The summed E-state index contributed by atoms with van der Waals surface area (Å²) in [5.41, 5.74) is 0.201. The number of nitrogens with one attached hydrogen (secondary N) is 1. The Morgan fingerprint density at radius 1 is 1.21 bits per heavy atom. The van der Waals surface area contributed by atoms with Crippen molar-refractivity contribution >= 4 is 28.7 Å². The van der Waals surface area contributed by atoms with E-state index in [-0.39, 0.29) is 29.2 Å².